The Morgan fingerprint density at radius 3 is 2.22 bits per heavy atom. The third kappa shape index (κ3) is 2.17. The van der Waals surface area contributed by atoms with Crippen LogP contribution in [0, 0.1) is 0 Å². The normalized spacial score (nSPS) is 17.4. The Kier molecular flexibility index (Phi) is 3.01. The Bertz CT molecular complexity index is 462. The van der Waals surface area contributed by atoms with Gasteiger partial charge in [0.15, 0.2) is 11.5 Å². The molecule has 1 aliphatic carbocycles. The summed E-state index contributed by atoms with van der Waals surface area (Å²) in [4.78, 5) is 0. The van der Waals surface area contributed by atoms with Gasteiger partial charge in [-0.2, -0.15) is 0 Å². The standard InChI is InChI=1S/C14H20FNO2/c1-13(2,15)10-7-9(14(16)5-6-14)8-11(17-3)12(10)18-4/h7-8H,5-6,16H2,1-4H3. The van der Waals surface area contributed by atoms with Gasteiger partial charge in [0.05, 0.1) is 14.2 Å². The minimum absolute atomic E-state index is 0.320. The molecule has 1 aromatic carbocycles. The first-order chi connectivity index (χ1) is 8.31. The zero-order valence-electron chi connectivity index (χ0n) is 11.3. The largest absolute Gasteiger partial charge is 0.493 e. The Balaban J connectivity index is 2.61. The van der Waals surface area contributed by atoms with Crippen LogP contribution in [0.1, 0.15) is 37.8 Å². The van der Waals surface area contributed by atoms with Crippen molar-refractivity contribution in [3.63, 3.8) is 0 Å². The van der Waals surface area contributed by atoms with E-state index in [4.69, 9.17) is 15.2 Å². The van der Waals surface area contributed by atoms with E-state index in [0.29, 0.717) is 17.1 Å². The summed E-state index contributed by atoms with van der Waals surface area (Å²) >= 11 is 0. The number of alkyl halides is 1. The second kappa shape index (κ2) is 4.12. The van der Waals surface area contributed by atoms with Crippen LogP contribution in [-0.4, -0.2) is 14.2 Å². The fraction of sp³-hybridized carbons (Fsp3) is 0.571. The maximum Gasteiger partial charge on any atom is 0.167 e. The molecule has 0 radical (unpaired) electrons. The summed E-state index contributed by atoms with van der Waals surface area (Å²) in [5.74, 6) is 0.977. The van der Waals surface area contributed by atoms with Gasteiger partial charge in [-0.05, 0) is 44.4 Å². The van der Waals surface area contributed by atoms with Gasteiger partial charge in [0.1, 0.15) is 5.67 Å². The molecule has 4 heteroatoms. The fourth-order valence-corrected chi connectivity index (χ4v) is 2.12. The van der Waals surface area contributed by atoms with Gasteiger partial charge in [-0.25, -0.2) is 4.39 Å². The van der Waals surface area contributed by atoms with Crippen molar-refractivity contribution in [1.82, 2.24) is 0 Å². The van der Waals surface area contributed by atoms with Crippen molar-refractivity contribution in [2.24, 2.45) is 5.73 Å². The molecule has 1 fully saturated rings. The van der Waals surface area contributed by atoms with Crippen LogP contribution in [-0.2, 0) is 11.2 Å². The molecule has 2 N–H and O–H groups in total. The van der Waals surface area contributed by atoms with Crippen LogP contribution in [0.5, 0.6) is 11.5 Å². The number of halogens is 1. The van der Waals surface area contributed by atoms with Crippen LogP contribution >= 0.6 is 0 Å². The summed E-state index contributed by atoms with van der Waals surface area (Å²) in [5, 5.41) is 0. The van der Waals surface area contributed by atoms with Crippen LogP contribution in [0.15, 0.2) is 12.1 Å². The first kappa shape index (κ1) is 13.1. The molecule has 0 atom stereocenters. The van der Waals surface area contributed by atoms with Crippen molar-refractivity contribution in [2.75, 3.05) is 14.2 Å². The summed E-state index contributed by atoms with van der Waals surface area (Å²) in [6, 6.07) is 3.65. The van der Waals surface area contributed by atoms with Gasteiger partial charge in [0.25, 0.3) is 0 Å². The van der Waals surface area contributed by atoms with Gasteiger partial charge in [-0.15, -0.1) is 0 Å². The van der Waals surface area contributed by atoms with Crippen molar-refractivity contribution in [2.45, 2.75) is 37.9 Å². The van der Waals surface area contributed by atoms with Crippen LogP contribution in [0.2, 0.25) is 0 Å². The quantitative estimate of drug-likeness (QED) is 0.897. The van der Waals surface area contributed by atoms with Gasteiger partial charge in [-0.1, -0.05) is 0 Å². The van der Waals surface area contributed by atoms with E-state index >= 15 is 0 Å². The van der Waals surface area contributed by atoms with Gasteiger partial charge in [0, 0.05) is 11.1 Å². The number of nitrogens with two attached hydrogens (primary N) is 1. The Morgan fingerprint density at radius 2 is 1.83 bits per heavy atom. The van der Waals surface area contributed by atoms with Crippen LogP contribution in [0.3, 0.4) is 0 Å². The summed E-state index contributed by atoms with van der Waals surface area (Å²) in [7, 11) is 3.06. The molecule has 2 rings (SSSR count). The average molecular weight is 253 g/mol. The molecular formula is C14H20FNO2. The number of ether oxygens (including phenoxy) is 2. The summed E-state index contributed by atoms with van der Waals surface area (Å²) < 4.78 is 24.9. The van der Waals surface area contributed by atoms with Gasteiger partial charge >= 0.3 is 0 Å². The highest BCUT2D eigenvalue weighted by Crippen LogP contribution is 2.48. The molecule has 0 bridgehead atoms. The average Bonchev–Trinajstić information content (AvgIpc) is 3.05. The number of benzene rings is 1. The van der Waals surface area contributed by atoms with Crippen LogP contribution in [0.4, 0.5) is 4.39 Å². The van der Waals surface area contributed by atoms with Gasteiger partial charge in [-0.3, -0.25) is 0 Å². The van der Waals surface area contributed by atoms with E-state index in [1.165, 1.54) is 21.0 Å². The highest BCUT2D eigenvalue weighted by atomic mass is 19.1. The van der Waals surface area contributed by atoms with E-state index in [1.54, 1.807) is 13.2 Å². The van der Waals surface area contributed by atoms with Crippen LogP contribution < -0.4 is 15.2 Å². The predicted molar refractivity (Wildman–Crippen MR) is 68.8 cm³/mol. The SMILES string of the molecule is COc1cc(C2(N)CC2)cc(C(C)(C)F)c1OC. The van der Waals surface area contributed by atoms with Crippen molar-refractivity contribution in [3.8, 4) is 11.5 Å². The molecule has 0 spiro atoms. The molecule has 1 saturated carbocycles. The highest BCUT2D eigenvalue weighted by molar-refractivity contribution is 5.54. The zero-order chi connectivity index (χ0) is 13.6. The molecule has 3 nitrogen and oxygen atoms in total. The smallest absolute Gasteiger partial charge is 0.167 e. The molecule has 0 aliphatic heterocycles. The van der Waals surface area contributed by atoms with E-state index in [2.05, 4.69) is 0 Å². The lowest BCUT2D eigenvalue weighted by atomic mass is 9.93. The highest BCUT2D eigenvalue weighted by Gasteiger charge is 2.42. The van der Waals surface area contributed by atoms with Gasteiger partial charge in [0.2, 0.25) is 0 Å². The van der Waals surface area contributed by atoms with E-state index < -0.39 is 5.67 Å². The Morgan fingerprint density at radius 1 is 1.22 bits per heavy atom. The third-order valence-electron chi connectivity index (χ3n) is 3.48. The summed E-state index contributed by atoms with van der Waals surface area (Å²) in [6.45, 7) is 3.01. The monoisotopic (exact) mass is 253 g/mol. The lowest BCUT2D eigenvalue weighted by Gasteiger charge is -2.23. The maximum atomic E-state index is 14.3. The first-order valence-corrected chi connectivity index (χ1v) is 6.06. The minimum Gasteiger partial charge on any atom is -0.493 e. The number of hydrogen-bond acceptors (Lipinski definition) is 3. The van der Waals surface area contributed by atoms with E-state index in [1.807, 2.05) is 6.07 Å². The zero-order valence-corrected chi connectivity index (χ0v) is 11.3. The molecule has 0 amide bonds. The molecule has 1 aromatic rings. The first-order valence-electron chi connectivity index (χ1n) is 6.06. The number of rotatable bonds is 4. The second-order valence-corrected chi connectivity index (χ2v) is 5.39. The third-order valence-corrected chi connectivity index (χ3v) is 3.48. The molecule has 18 heavy (non-hydrogen) atoms. The van der Waals surface area contributed by atoms with E-state index in [-0.39, 0.29) is 5.54 Å². The molecule has 0 aromatic heterocycles. The number of hydrogen-bond donors (Lipinski definition) is 1. The topological polar surface area (TPSA) is 44.5 Å². The molecule has 0 saturated heterocycles. The Labute approximate surface area is 107 Å². The van der Waals surface area contributed by atoms with Gasteiger partial charge < -0.3 is 15.2 Å². The van der Waals surface area contributed by atoms with Crippen molar-refractivity contribution < 1.29 is 13.9 Å². The number of methoxy groups -OCH3 is 2. The lowest BCUT2D eigenvalue weighted by Crippen LogP contribution is -2.21. The van der Waals surface area contributed by atoms with Crippen molar-refractivity contribution >= 4 is 0 Å². The Hall–Kier alpha value is -1.29. The molecular weight excluding hydrogens is 233 g/mol. The van der Waals surface area contributed by atoms with Crippen molar-refractivity contribution in [3.05, 3.63) is 23.3 Å². The summed E-state index contributed by atoms with van der Waals surface area (Å²) in [5.41, 5.74) is 5.76. The van der Waals surface area contributed by atoms with Crippen molar-refractivity contribution in [1.29, 1.82) is 0 Å². The van der Waals surface area contributed by atoms with E-state index in [9.17, 15) is 4.39 Å². The van der Waals surface area contributed by atoms with Crippen LogP contribution in [0.25, 0.3) is 0 Å². The molecule has 0 unspecified atom stereocenters. The fourth-order valence-electron chi connectivity index (χ4n) is 2.12. The summed E-state index contributed by atoms with van der Waals surface area (Å²) in [6.07, 6.45) is 1.85. The molecule has 0 heterocycles. The molecule has 100 valence electrons. The lowest BCUT2D eigenvalue weighted by molar-refractivity contribution is 0.211. The van der Waals surface area contributed by atoms with E-state index in [0.717, 1.165) is 18.4 Å². The second-order valence-electron chi connectivity index (χ2n) is 5.39. The predicted octanol–water partition coefficient (Wildman–Crippen LogP) is 2.86. The minimum atomic E-state index is -1.50. The molecule has 1 aliphatic rings. The maximum absolute atomic E-state index is 14.3.